The van der Waals surface area contributed by atoms with E-state index in [1.807, 2.05) is 24.3 Å². The number of benzene rings is 1. The van der Waals surface area contributed by atoms with Gasteiger partial charge in [-0.15, -0.1) is 0 Å². The summed E-state index contributed by atoms with van der Waals surface area (Å²) in [4.78, 5) is 11.1. The molecule has 1 atom stereocenters. The van der Waals surface area contributed by atoms with Crippen LogP contribution in [0.15, 0.2) is 24.3 Å². The number of rotatable bonds is 1. The molecule has 0 spiro atoms. The molecule has 0 radical (unpaired) electrons. The van der Waals surface area contributed by atoms with Crippen molar-refractivity contribution in [2.45, 2.75) is 12.5 Å². The predicted molar refractivity (Wildman–Crippen MR) is 47.5 cm³/mol. The molecule has 0 unspecified atom stereocenters. The molecule has 4 nitrogen and oxygen atoms in total. The highest BCUT2D eigenvalue weighted by atomic mass is 16.5. The van der Waals surface area contributed by atoms with E-state index < -0.39 is 5.91 Å². The highest BCUT2D eigenvalue weighted by Crippen LogP contribution is 2.24. The van der Waals surface area contributed by atoms with E-state index in [1.165, 1.54) is 0 Å². The number of nitrogens with one attached hydrogen (secondary N) is 2. The average molecular weight is 178 g/mol. The van der Waals surface area contributed by atoms with Crippen LogP contribution in [0.25, 0.3) is 0 Å². The molecule has 1 aromatic rings. The van der Waals surface area contributed by atoms with Crippen molar-refractivity contribution in [2.24, 2.45) is 0 Å². The first-order valence-corrected chi connectivity index (χ1v) is 4.09. The normalized spacial score (nSPS) is 19.0. The quantitative estimate of drug-likeness (QED) is 0.434. The van der Waals surface area contributed by atoms with E-state index >= 15 is 0 Å². The lowest BCUT2D eigenvalue weighted by atomic mass is 10.1. The fourth-order valence-electron chi connectivity index (χ4n) is 1.53. The third-order valence-corrected chi connectivity index (χ3v) is 2.20. The molecule has 68 valence electrons. The molecule has 2 rings (SSSR count). The minimum absolute atomic E-state index is 0.345. The molecule has 1 aliphatic rings. The second-order valence-corrected chi connectivity index (χ2v) is 3.03. The highest BCUT2D eigenvalue weighted by Gasteiger charge is 2.25. The Morgan fingerprint density at radius 1 is 1.54 bits per heavy atom. The molecule has 3 N–H and O–H groups in total. The van der Waals surface area contributed by atoms with E-state index in [0.29, 0.717) is 6.42 Å². The average Bonchev–Trinajstić information content (AvgIpc) is 2.59. The van der Waals surface area contributed by atoms with Crippen LogP contribution in [0.3, 0.4) is 0 Å². The van der Waals surface area contributed by atoms with E-state index in [9.17, 15) is 4.79 Å². The van der Waals surface area contributed by atoms with Gasteiger partial charge in [-0.1, -0.05) is 18.2 Å². The number of hydrogen-bond donors (Lipinski definition) is 3. The molecule has 1 heterocycles. The second-order valence-electron chi connectivity index (χ2n) is 3.03. The molecule has 1 amide bonds. The standard InChI is InChI=1S/C9H10N2O2/c12-9(11-13)8-5-6-3-1-2-4-7(6)10-8/h1-4,8,10,13H,5H2,(H,11,12)/t8-/m0/s1. The Bertz CT molecular complexity index is 313. The lowest BCUT2D eigenvalue weighted by Gasteiger charge is -2.07. The minimum Gasteiger partial charge on any atom is -0.373 e. The summed E-state index contributed by atoms with van der Waals surface area (Å²) < 4.78 is 0. The minimum atomic E-state index is -0.392. The Balaban J connectivity index is 2.18. The Labute approximate surface area is 75.5 Å². The molecule has 0 aromatic heterocycles. The van der Waals surface area contributed by atoms with Gasteiger partial charge < -0.3 is 5.32 Å². The van der Waals surface area contributed by atoms with Crippen LogP contribution in [0.1, 0.15) is 5.56 Å². The maximum atomic E-state index is 11.1. The van der Waals surface area contributed by atoms with E-state index in [0.717, 1.165) is 11.3 Å². The lowest BCUT2D eigenvalue weighted by molar-refractivity contribution is -0.129. The van der Waals surface area contributed by atoms with Crippen molar-refractivity contribution in [3.8, 4) is 0 Å². The number of amides is 1. The number of fused-ring (bicyclic) bond motifs is 1. The van der Waals surface area contributed by atoms with Gasteiger partial charge in [0.2, 0.25) is 0 Å². The summed E-state index contributed by atoms with van der Waals surface area (Å²) in [6.07, 6.45) is 0.628. The molecule has 0 fully saturated rings. The van der Waals surface area contributed by atoms with Crippen molar-refractivity contribution >= 4 is 11.6 Å². The molecule has 0 aliphatic carbocycles. The van der Waals surface area contributed by atoms with Crippen LogP contribution in [0, 0.1) is 0 Å². The van der Waals surface area contributed by atoms with Gasteiger partial charge >= 0.3 is 0 Å². The van der Waals surface area contributed by atoms with E-state index in [4.69, 9.17) is 5.21 Å². The van der Waals surface area contributed by atoms with Crippen LogP contribution < -0.4 is 10.8 Å². The third kappa shape index (κ3) is 1.36. The second kappa shape index (κ2) is 3.06. The summed E-state index contributed by atoms with van der Waals surface area (Å²) in [6.45, 7) is 0. The topological polar surface area (TPSA) is 61.4 Å². The SMILES string of the molecule is O=C(NO)[C@@H]1Cc2ccccc2N1. The number of para-hydroxylation sites is 1. The van der Waals surface area contributed by atoms with Crippen molar-refractivity contribution in [3.05, 3.63) is 29.8 Å². The zero-order valence-electron chi connectivity index (χ0n) is 6.95. The first-order valence-electron chi connectivity index (χ1n) is 4.09. The Morgan fingerprint density at radius 2 is 2.31 bits per heavy atom. The number of hydroxylamine groups is 1. The fraction of sp³-hybridized carbons (Fsp3) is 0.222. The first-order chi connectivity index (χ1) is 6.31. The maximum Gasteiger partial charge on any atom is 0.266 e. The molecule has 4 heteroatoms. The summed E-state index contributed by atoms with van der Waals surface area (Å²) in [5.74, 6) is -0.392. The molecule has 1 aromatic carbocycles. The Kier molecular flexibility index (Phi) is 1.90. The van der Waals surface area contributed by atoms with Crippen molar-refractivity contribution in [1.82, 2.24) is 5.48 Å². The van der Waals surface area contributed by atoms with Crippen molar-refractivity contribution in [1.29, 1.82) is 0 Å². The molecule has 1 aliphatic heterocycles. The zero-order chi connectivity index (χ0) is 9.26. The number of anilines is 1. The van der Waals surface area contributed by atoms with Crippen molar-refractivity contribution < 1.29 is 10.0 Å². The van der Waals surface area contributed by atoms with Crippen LogP contribution in [0.5, 0.6) is 0 Å². The van der Waals surface area contributed by atoms with Gasteiger partial charge in [0.1, 0.15) is 6.04 Å². The van der Waals surface area contributed by atoms with Gasteiger partial charge in [0.15, 0.2) is 0 Å². The summed E-state index contributed by atoms with van der Waals surface area (Å²) in [7, 11) is 0. The van der Waals surface area contributed by atoms with Gasteiger partial charge in [-0.05, 0) is 11.6 Å². The van der Waals surface area contributed by atoms with E-state index in [1.54, 1.807) is 5.48 Å². The van der Waals surface area contributed by atoms with Crippen LogP contribution >= 0.6 is 0 Å². The highest BCUT2D eigenvalue weighted by molar-refractivity contribution is 5.86. The largest absolute Gasteiger partial charge is 0.373 e. The van der Waals surface area contributed by atoms with E-state index in [-0.39, 0.29) is 6.04 Å². The first kappa shape index (κ1) is 8.07. The van der Waals surface area contributed by atoms with Crippen molar-refractivity contribution in [3.63, 3.8) is 0 Å². The molecule has 0 saturated heterocycles. The number of hydrogen-bond acceptors (Lipinski definition) is 3. The van der Waals surface area contributed by atoms with Crippen molar-refractivity contribution in [2.75, 3.05) is 5.32 Å². The smallest absolute Gasteiger partial charge is 0.266 e. The van der Waals surface area contributed by atoms with Gasteiger partial charge in [0.05, 0.1) is 0 Å². The Hall–Kier alpha value is -1.55. The molecular weight excluding hydrogens is 168 g/mol. The number of carbonyl (C=O) groups excluding carboxylic acids is 1. The molecular formula is C9H10N2O2. The monoisotopic (exact) mass is 178 g/mol. The zero-order valence-corrected chi connectivity index (χ0v) is 6.95. The summed E-state index contributed by atoms with van der Waals surface area (Å²) in [5, 5.41) is 11.4. The maximum absolute atomic E-state index is 11.1. The van der Waals surface area contributed by atoms with E-state index in [2.05, 4.69) is 5.32 Å². The van der Waals surface area contributed by atoms with Gasteiger partial charge in [0, 0.05) is 12.1 Å². The van der Waals surface area contributed by atoms with Crippen LogP contribution in [0.4, 0.5) is 5.69 Å². The predicted octanol–water partition coefficient (Wildman–Crippen LogP) is 0.529. The van der Waals surface area contributed by atoms with Crippen LogP contribution in [-0.2, 0) is 11.2 Å². The van der Waals surface area contributed by atoms with Gasteiger partial charge in [-0.3, -0.25) is 10.0 Å². The molecule has 0 saturated carbocycles. The molecule has 13 heavy (non-hydrogen) atoms. The lowest BCUT2D eigenvalue weighted by Crippen LogP contribution is -2.36. The van der Waals surface area contributed by atoms with Crippen LogP contribution in [0.2, 0.25) is 0 Å². The fourth-order valence-corrected chi connectivity index (χ4v) is 1.53. The molecule has 0 bridgehead atoms. The summed E-state index contributed by atoms with van der Waals surface area (Å²) in [6, 6.07) is 7.38. The van der Waals surface area contributed by atoms with Crippen LogP contribution in [-0.4, -0.2) is 17.2 Å². The summed E-state index contributed by atoms with van der Waals surface area (Å²) in [5.41, 5.74) is 3.72. The Morgan fingerprint density at radius 3 is 3.00 bits per heavy atom. The summed E-state index contributed by atoms with van der Waals surface area (Å²) >= 11 is 0. The third-order valence-electron chi connectivity index (χ3n) is 2.20. The van der Waals surface area contributed by atoms with Gasteiger partial charge in [0.25, 0.3) is 5.91 Å². The van der Waals surface area contributed by atoms with Gasteiger partial charge in [-0.25, -0.2) is 5.48 Å². The van der Waals surface area contributed by atoms with Gasteiger partial charge in [-0.2, -0.15) is 0 Å². The number of carbonyl (C=O) groups is 1.